The van der Waals surface area contributed by atoms with Crippen molar-refractivity contribution < 1.29 is 14.0 Å². The number of imidazole rings is 1. The maximum atomic E-state index is 13.7. The molecule has 1 aliphatic rings. The summed E-state index contributed by atoms with van der Waals surface area (Å²) in [6, 6.07) is 11.2. The first-order valence-corrected chi connectivity index (χ1v) is 8.89. The Bertz CT molecular complexity index is 992. The molecule has 2 heterocycles. The van der Waals surface area contributed by atoms with Crippen LogP contribution >= 0.6 is 0 Å². The van der Waals surface area contributed by atoms with Gasteiger partial charge in [-0.1, -0.05) is 12.1 Å². The molecule has 1 aromatic heterocycles. The predicted molar refractivity (Wildman–Crippen MR) is 98.9 cm³/mol. The zero-order chi connectivity index (χ0) is 18.8. The van der Waals surface area contributed by atoms with Crippen LogP contribution in [0.3, 0.4) is 0 Å². The van der Waals surface area contributed by atoms with E-state index in [2.05, 4.69) is 15.3 Å². The largest absolute Gasteiger partial charge is 0.349 e. The second-order valence-electron chi connectivity index (χ2n) is 6.65. The number of benzene rings is 2. The molecule has 2 N–H and O–H groups in total. The molecule has 0 radical (unpaired) electrons. The van der Waals surface area contributed by atoms with Crippen molar-refractivity contribution in [2.24, 2.45) is 0 Å². The van der Waals surface area contributed by atoms with Crippen molar-refractivity contribution in [3.63, 3.8) is 0 Å². The third-order valence-corrected chi connectivity index (χ3v) is 4.90. The van der Waals surface area contributed by atoms with Crippen LogP contribution in [-0.2, 0) is 0 Å². The summed E-state index contributed by atoms with van der Waals surface area (Å²) in [5, 5.41) is 2.87. The van der Waals surface area contributed by atoms with Crippen LogP contribution in [0.25, 0.3) is 11.0 Å². The molecule has 0 bridgehead atoms. The van der Waals surface area contributed by atoms with E-state index in [9.17, 15) is 14.0 Å². The van der Waals surface area contributed by atoms with Gasteiger partial charge in [-0.3, -0.25) is 9.59 Å². The molecule has 4 rings (SSSR count). The van der Waals surface area contributed by atoms with Crippen molar-refractivity contribution in [1.29, 1.82) is 0 Å². The van der Waals surface area contributed by atoms with Crippen LogP contribution in [-0.4, -0.2) is 45.8 Å². The summed E-state index contributed by atoms with van der Waals surface area (Å²) >= 11 is 0. The number of likely N-dealkylation sites (tertiary alicyclic amines) is 1. The molecular formula is C20H19FN4O2. The molecule has 0 saturated carbocycles. The van der Waals surface area contributed by atoms with Crippen LogP contribution < -0.4 is 5.32 Å². The number of rotatable bonds is 3. The Hall–Kier alpha value is -3.22. The van der Waals surface area contributed by atoms with E-state index in [1.165, 1.54) is 12.1 Å². The molecule has 138 valence electrons. The van der Waals surface area contributed by atoms with Crippen LogP contribution in [0.2, 0.25) is 0 Å². The zero-order valence-electron chi connectivity index (χ0n) is 14.6. The van der Waals surface area contributed by atoms with E-state index >= 15 is 0 Å². The normalized spacial score (nSPS) is 15.1. The van der Waals surface area contributed by atoms with Gasteiger partial charge in [-0.05, 0) is 43.2 Å². The van der Waals surface area contributed by atoms with Gasteiger partial charge in [0.05, 0.1) is 22.9 Å². The van der Waals surface area contributed by atoms with Crippen molar-refractivity contribution in [2.45, 2.75) is 18.9 Å². The summed E-state index contributed by atoms with van der Waals surface area (Å²) in [6.45, 7) is 1.09. The van der Waals surface area contributed by atoms with Gasteiger partial charge in [0.1, 0.15) is 5.82 Å². The average molecular weight is 366 g/mol. The Kier molecular flexibility index (Phi) is 4.58. The number of carbonyl (C=O) groups excluding carboxylic acids is 2. The highest BCUT2D eigenvalue weighted by Crippen LogP contribution is 2.18. The van der Waals surface area contributed by atoms with E-state index in [0.29, 0.717) is 31.5 Å². The molecule has 2 aromatic carbocycles. The number of nitrogens with one attached hydrogen (secondary N) is 2. The first-order chi connectivity index (χ1) is 13.1. The fraction of sp³-hybridized carbons (Fsp3) is 0.250. The monoisotopic (exact) mass is 366 g/mol. The number of hydrogen-bond donors (Lipinski definition) is 2. The number of H-pyrrole nitrogens is 1. The van der Waals surface area contributed by atoms with Gasteiger partial charge >= 0.3 is 0 Å². The van der Waals surface area contributed by atoms with Gasteiger partial charge in [0.25, 0.3) is 11.8 Å². The fourth-order valence-corrected chi connectivity index (χ4v) is 3.39. The van der Waals surface area contributed by atoms with Crippen LogP contribution in [0.5, 0.6) is 0 Å². The zero-order valence-corrected chi connectivity index (χ0v) is 14.6. The summed E-state index contributed by atoms with van der Waals surface area (Å²) in [5.74, 6) is -0.982. The molecular weight excluding hydrogens is 347 g/mol. The minimum Gasteiger partial charge on any atom is -0.349 e. The Morgan fingerprint density at radius 2 is 1.93 bits per heavy atom. The van der Waals surface area contributed by atoms with Crippen LogP contribution in [0.4, 0.5) is 4.39 Å². The van der Waals surface area contributed by atoms with Gasteiger partial charge < -0.3 is 15.2 Å². The summed E-state index contributed by atoms with van der Waals surface area (Å²) in [6.07, 6.45) is 2.87. The van der Waals surface area contributed by atoms with Crippen molar-refractivity contribution >= 4 is 22.8 Å². The van der Waals surface area contributed by atoms with Crippen molar-refractivity contribution in [1.82, 2.24) is 20.2 Å². The maximum absolute atomic E-state index is 13.7. The van der Waals surface area contributed by atoms with Crippen molar-refractivity contribution in [3.05, 3.63) is 65.7 Å². The average Bonchev–Trinajstić information content (AvgIpc) is 3.16. The Balaban J connectivity index is 1.36. The first-order valence-electron chi connectivity index (χ1n) is 8.89. The third kappa shape index (κ3) is 3.53. The lowest BCUT2D eigenvalue weighted by Crippen LogP contribution is -2.46. The minimum absolute atomic E-state index is 0.0367. The van der Waals surface area contributed by atoms with E-state index in [1.807, 2.05) is 6.07 Å². The molecule has 3 aromatic rings. The van der Waals surface area contributed by atoms with E-state index in [1.54, 1.807) is 35.5 Å². The Morgan fingerprint density at radius 1 is 1.15 bits per heavy atom. The van der Waals surface area contributed by atoms with Gasteiger partial charge in [-0.2, -0.15) is 0 Å². The predicted octanol–water partition coefficient (Wildman–Crippen LogP) is 2.74. The van der Waals surface area contributed by atoms with Crippen LogP contribution in [0.15, 0.2) is 48.8 Å². The topological polar surface area (TPSA) is 78.1 Å². The van der Waals surface area contributed by atoms with Crippen LogP contribution in [0.1, 0.15) is 33.6 Å². The molecule has 0 unspecified atom stereocenters. The number of hydrogen-bond acceptors (Lipinski definition) is 3. The van der Waals surface area contributed by atoms with E-state index in [-0.39, 0.29) is 17.5 Å². The number of aromatic nitrogens is 2. The minimum atomic E-state index is -0.531. The smallest absolute Gasteiger partial charge is 0.254 e. The summed E-state index contributed by atoms with van der Waals surface area (Å²) < 4.78 is 13.7. The molecule has 1 aliphatic heterocycles. The van der Waals surface area contributed by atoms with Gasteiger partial charge in [0.15, 0.2) is 0 Å². The summed E-state index contributed by atoms with van der Waals surface area (Å²) in [4.78, 5) is 33.9. The lowest BCUT2D eigenvalue weighted by atomic mass is 10.0. The number of aromatic amines is 1. The summed E-state index contributed by atoms with van der Waals surface area (Å²) in [7, 11) is 0. The van der Waals surface area contributed by atoms with Gasteiger partial charge in [0.2, 0.25) is 0 Å². The SMILES string of the molecule is O=C(NC1CCN(C(=O)c2ccc3nc[nH]c3c2)CC1)c1ccccc1F. The molecule has 0 atom stereocenters. The number of fused-ring (bicyclic) bond motifs is 1. The van der Waals surface area contributed by atoms with E-state index in [4.69, 9.17) is 0 Å². The van der Waals surface area contributed by atoms with Gasteiger partial charge in [0, 0.05) is 24.7 Å². The van der Waals surface area contributed by atoms with Crippen molar-refractivity contribution in [2.75, 3.05) is 13.1 Å². The first kappa shape index (κ1) is 17.2. The Morgan fingerprint density at radius 3 is 2.70 bits per heavy atom. The molecule has 1 saturated heterocycles. The van der Waals surface area contributed by atoms with Crippen LogP contribution in [0, 0.1) is 5.82 Å². The van der Waals surface area contributed by atoms with Gasteiger partial charge in [-0.25, -0.2) is 9.37 Å². The number of amides is 2. The summed E-state index contributed by atoms with van der Waals surface area (Å²) in [5.41, 5.74) is 2.30. The highest BCUT2D eigenvalue weighted by Gasteiger charge is 2.25. The van der Waals surface area contributed by atoms with E-state index < -0.39 is 11.7 Å². The molecule has 2 amide bonds. The standard InChI is InChI=1S/C20H19FN4O2/c21-16-4-2-1-3-15(16)19(26)24-14-7-9-25(10-8-14)20(27)13-5-6-17-18(11-13)23-12-22-17/h1-6,11-12,14H,7-10H2,(H,22,23)(H,24,26). The number of carbonyl (C=O) groups is 2. The molecule has 1 fully saturated rings. The quantitative estimate of drug-likeness (QED) is 0.748. The number of halogens is 1. The maximum Gasteiger partial charge on any atom is 0.254 e. The second kappa shape index (κ2) is 7.19. The lowest BCUT2D eigenvalue weighted by Gasteiger charge is -2.32. The number of nitrogens with zero attached hydrogens (tertiary/aromatic N) is 2. The third-order valence-electron chi connectivity index (χ3n) is 4.90. The lowest BCUT2D eigenvalue weighted by molar-refractivity contribution is 0.0698. The van der Waals surface area contributed by atoms with Crippen molar-refractivity contribution in [3.8, 4) is 0 Å². The molecule has 0 aliphatic carbocycles. The highest BCUT2D eigenvalue weighted by atomic mass is 19.1. The molecule has 27 heavy (non-hydrogen) atoms. The molecule has 7 heteroatoms. The van der Waals surface area contributed by atoms with E-state index in [0.717, 1.165) is 11.0 Å². The molecule has 0 spiro atoms. The fourth-order valence-electron chi connectivity index (χ4n) is 3.39. The highest BCUT2D eigenvalue weighted by molar-refractivity contribution is 5.97. The second-order valence-corrected chi connectivity index (χ2v) is 6.65. The number of piperidine rings is 1. The van der Waals surface area contributed by atoms with Gasteiger partial charge in [-0.15, -0.1) is 0 Å². The Labute approximate surface area is 155 Å². The molecule has 6 nitrogen and oxygen atoms in total.